The van der Waals surface area contributed by atoms with Gasteiger partial charge < -0.3 is 10.8 Å². The van der Waals surface area contributed by atoms with Crippen molar-refractivity contribution >= 4 is 0 Å². The average Bonchev–Trinajstić information content (AvgIpc) is 2.47. The van der Waals surface area contributed by atoms with Crippen LogP contribution in [0.15, 0.2) is 54.7 Å². The Kier molecular flexibility index (Phi) is 5.07. The van der Waals surface area contributed by atoms with E-state index in [-0.39, 0.29) is 6.04 Å². The van der Waals surface area contributed by atoms with Gasteiger partial charge in [-0.1, -0.05) is 36.4 Å². The molecule has 1 aromatic carbocycles. The van der Waals surface area contributed by atoms with Crippen molar-refractivity contribution in [2.45, 2.75) is 31.4 Å². The molecule has 2 atom stereocenters. The van der Waals surface area contributed by atoms with E-state index in [0.29, 0.717) is 12.1 Å². The Bertz CT molecular complexity index is 473. The molecular formula is C16H20N2O. The fraction of sp³-hybridized carbons (Fsp3) is 0.312. The van der Waals surface area contributed by atoms with E-state index >= 15 is 0 Å². The predicted molar refractivity (Wildman–Crippen MR) is 76.6 cm³/mol. The molecule has 19 heavy (non-hydrogen) atoms. The zero-order valence-electron chi connectivity index (χ0n) is 10.9. The minimum absolute atomic E-state index is 0.0165. The number of hydrogen-bond donors (Lipinski definition) is 2. The molecule has 2 rings (SSSR count). The van der Waals surface area contributed by atoms with E-state index in [9.17, 15) is 5.11 Å². The van der Waals surface area contributed by atoms with Crippen LogP contribution in [0.3, 0.4) is 0 Å². The molecule has 0 radical (unpaired) electrons. The van der Waals surface area contributed by atoms with Gasteiger partial charge in [0.25, 0.3) is 0 Å². The summed E-state index contributed by atoms with van der Waals surface area (Å²) in [5.74, 6) is 0. The van der Waals surface area contributed by atoms with Gasteiger partial charge in [-0.25, -0.2) is 0 Å². The van der Waals surface area contributed by atoms with Crippen molar-refractivity contribution in [3.05, 3.63) is 66.0 Å². The lowest BCUT2D eigenvalue weighted by atomic mass is 10.00. The highest BCUT2D eigenvalue weighted by atomic mass is 16.3. The molecule has 0 amide bonds. The smallest absolute Gasteiger partial charge is 0.0974 e. The first-order valence-electron chi connectivity index (χ1n) is 6.64. The third kappa shape index (κ3) is 4.47. The van der Waals surface area contributed by atoms with Gasteiger partial charge in [0.1, 0.15) is 0 Å². The first-order chi connectivity index (χ1) is 9.25. The topological polar surface area (TPSA) is 59.1 Å². The molecule has 2 aromatic rings. The van der Waals surface area contributed by atoms with Crippen LogP contribution in [0.2, 0.25) is 0 Å². The monoisotopic (exact) mass is 256 g/mol. The highest BCUT2D eigenvalue weighted by molar-refractivity contribution is 5.15. The number of nitrogens with two attached hydrogens (primary N) is 1. The van der Waals surface area contributed by atoms with Crippen molar-refractivity contribution in [3.8, 4) is 0 Å². The van der Waals surface area contributed by atoms with Crippen LogP contribution in [0.5, 0.6) is 0 Å². The fourth-order valence-electron chi connectivity index (χ4n) is 2.10. The van der Waals surface area contributed by atoms with Crippen LogP contribution in [-0.4, -0.2) is 16.1 Å². The second-order valence-electron chi connectivity index (χ2n) is 4.79. The van der Waals surface area contributed by atoms with E-state index in [4.69, 9.17) is 5.73 Å². The van der Waals surface area contributed by atoms with E-state index in [0.717, 1.165) is 12.8 Å². The van der Waals surface area contributed by atoms with Gasteiger partial charge in [0, 0.05) is 12.2 Å². The van der Waals surface area contributed by atoms with Crippen LogP contribution in [-0.2, 0) is 6.42 Å². The Balaban J connectivity index is 1.80. The minimum atomic E-state index is -0.577. The molecule has 3 heteroatoms. The molecule has 0 bridgehead atoms. The van der Waals surface area contributed by atoms with Crippen LogP contribution in [0.1, 0.15) is 30.2 Å². The van der Waals surface area contributed by atoms with E-state index in [1.807, 2.05) is 36.4 Å². The van der Waals surface area contributed by atoms with Crippen molar-refractivity contribution in [1.29, 1.82) is 0 Å². The maximum absolute atomic E-state index is 10.0. The number of pyridine rings is 1. The first-order valence-corrected chi connectivity index (χ1v) is 6.64. The van der Waals surface area contributed by atoms with Crippen LogP contribution in [0.25, 0.3) is 0 Å². The van der Waals surface area contributed by atoms with Crippen molar-refractivity contribution in [2.75, 3.05) is 0 Å². The van der Waals surface area contributed by atoms with Gasteiger partial charge in [-0.2, -0.15) is 0 Å². The largest absolute Gasteiger partial charge is 0.387 e. The van der Waals surface area contributed by atoms with Gasteiger partial charge in [0.15, 0.2) is 0 Å². The van der Waals surface area contributed by atoms with E-state index in [1.54, 1.807) is 6.20 Å². The molecule has 0 saturated heterocycles. The zero-order valence-corrected chi connectivity index (χ0v) is 10.9. The van der Waals surface area contributed by atoms with Crippen LogP contribution in [0, 0.1) is 0 Å². The van der Waals surface area contributed by atoms with E-state index < -0.39 is 6.10 Å². The van der Waals surface area contributed by atoms with Crippen LogP contribution >= 0.6 is 0 Å². The summed E-state index contributed by atoms with van der Waals surface area (Å²) >= 11 is 0. The fourth-order valence-corrected chi connectivity index (χ4v) is 2.10. The molecular weight excluding hydrogens is 236 g/mol. The van der Waals surface area contributed by atoms with E-state index in [1.165, 1.54) is 5.56 Å². The zero-order chi connectivity index (χ0) is 13.5. The molecule has 0 aliphatic carbocycles. The number of nitrogens with zero attached hydrogens (tertiary/aromatic N) is 1. The van der Waals surface area contributed by atoms with Crippen LogP contribution < -0.4 is 5.73 Å². The normalized spacial score (nSPS) is 14.0. The summed E-state index contributed by atoms with van der Waals surface area (Å²) in [7, 11) is 0. The summed E-state index contributed by atoms with van der Waals surface area (Å²) in [6.07, 6.45) is 3.47. The number of aromatic nitrogens is 1. The lowest BCUT2D eigenvalue weighted by molar-refractivity contribution is 0.152. The molecule has 0 fully saturated rings. The molecule has 0 saturated carbocycles. The van der Waals surface area contributed by atoms with Gasteiger partial charge in [-0.05, 0) is 37.0 Å². The average molecular weight is 256 g/mol. The third-order valence-electron chi connectivity index (χ3n) is 3.20. The maximum atomic E-state index is 10.0. The molecule has 0 aliphatic heterocycles. The number of benzene rings is 1. The van der Waals surface area contributed by atoms with Gasteiger partial charge >= 0.3 is 0 Å². The molecule has 1 heterocycles. The molecule has 3 N–H and O–H groups in total. The van der Waals surface area contributed by atoms with Crippen molar-refractivity contribution in [3.63, 3.8) is 0 Å². The molecule has 2 unspecified atom stereocenters. The Morgan fingerprint density at radius 2 is 1.79 bits per heavy atom. The van der Waals surface area contributed by atoms with Crippen molar-refractivity contribution < 1.29 is 5.11 Å². The Morgan fingerprint density at radius 1 is 1.05 bits per heavy atom. The van der Waals surface area contributed by atoms with Gasteiger partial charge in [-0.15, -0.1) is 0 Å². The van der Waals surface area contributed by atoms with Crippen molar-refractivity contribution in [1.82, 2.24) is 4.98 Å². The number of rotatable bonds is 6. The van der Waals surface area contributed by atoms with Gasteiger partial charge in [0.2, 0.25) is 0 Å². The van der Waals surface area contributed by atoms with Gasteiger partial charge in [0.05, 0.1) is 11.8 Å². The van der Waals surface area contributed by atoms with Crippen molar-refractivity contribution in [2.24, 2.45) is 5.73 Å². The summed E-state index contributed by atoms with van der Waals surface area (Å²) in [5, 5.41) is 10.0. The Morgan fingerprint density at radius 3 is 2.47 bits per heavy atom. The third-order valence-corrected chi connectivity index (χ3v) is 3.20. The first kappa shape index (κ1) is 13.7. The second kappa shape index (κ2) is 7.02. The minimum Gasteiger partial charge on any atom is -0.387 e. The summed E-state index contributed by atoms with van der Waals surface area (Å²) < 4.78 is 0. The maximum Gasteiger partial charge on any atom is 0.0974 e. The highest BCUT2D eigenvalue weighted by Gasteiger charge is 2.13. The molecule has 0 spiro atoms. The Labute approximate surface area is 114 Å². The van der Waals surface area contributed by atoms with Gasteiger partial charge in [-0.3, -0.25) is 4.98 Å². The lowest BCUT2D eigenvalue weighted by Crippen LogP contribution is -2.24. The predicted octanol–water partition coefficient (Wildman–Crippen LogP) is 2.47. The van der Waals surface area contributed by atoms with E-state index in [2.05, 4.69) is 17.1 Å². The standard InChI is InChI=1S/C16H20N2O/c17-14(10-9-13-6-2-1-3-7-13)12-16(19)15-8-4-5-11-18-15/h1-8,11,14,16,19H,9-10,12,17H2. The Hall–Kier alpha value is -1.71. The second-order valence-corrected chi connectivity index (χ2v) is 4.79. The lowest BCUT2D eigenvalue weighted by Gasteiger charge is -2.16. The number of aliphatic hydroxyl groups excluding tert-OH is 1. The number of hydrogen-bond acceptors (Lipinski definition) is 3. The number of aliphatic hydroxyl groups is 1. The quantitative estimate of drug-likeness (QED) is 0.834. The number of aryl methyl sites for hydroxylation is 1. The van der Waals surface area contributed by atoms with Crippen LogP contribution in [0.4, 0.5) is 0 Å². The SMILES string of the molecule is NC(CCc1ccccc1)CC(O)c1ccccn1. The molecule has 0 aliphatic rings. The summed E-state index contributed by atoms with van der Waals surface area (Å²) in [4.78, 5) is 4.14. The molecule has 3 nitrogen and oxygen atoms in total. The summed E-state index contributed by atoms with van der Waals surface area (Å²) in [5.41, 5.74) is 8.05. The molecule has 100 valence electrons. The summed E-state index contributed by atoms with van der Waals surface area (Å²) in [6.45, 7) is 0. The summed E-state index contributed by atoms with van der Waals surface area (Å²) in [6, 6.07) is 15.8. The molecule has 1 aromatic heterocycles. The highest BCUT2D eigenvalue weighted by Crippen LogP contribution is 2.17.